The summed E-state index contributed by atoms with van der Waals surface area (Å²) in [6.45, 7) is 2.16. The van der Waals surface area contributed by atoms with Crippen LogP contribution in [0, 0.1) is 11.3 Å². The number of carbonyl (C=O) groups excluding carboxylic acids is 2. The Morgan fingerprint density at radius 1 is 1.69 bits per heavy atom. The van der Waals surface area contributed by atoms with E-state index in [1.165, 1.54) is 0 Å². The first-order chi connectivity index (χ1) is 7.60. The maximum Gasteiger partial charge on any atom is 0.306 e. The summed E-state index contributed by atoms with van der Waals surface area (Å²) >= 11 is 3.28. The smallest absolute Gasteiger partial charge is 0.306 e. The largest absolute Gasteiger partial charge is 0.466 e. The van der Waals surface area contributed by atoms with Crippen molar-refractivity contribution in [2.75, 3.05) is 6.61 Å². The van der Waals surface area contributed by atoms with E-state index in [2.05, 4.69) is 15.9 Å². The van der Waals surface area contributed by atoms with Gasteiger partial charge in [0.2, 0.25) is 0 Å². The van der Waals surface area contributed by atoms with Crippen molar-refractivity contribution in [1.29, 1.82) is 0 Å². The van der Waals surface area contributed by atoms with Crippen LogP contribution in [0.4, 0.5) is 0 Å². The zero-order valence-electron chi connectivity index (χ0n) is 9.29. The highest BCUT2D eigenvalue weighted by Crippen LogP contribution is 2.56. The molecule has 0 spiro atoms. The molecule has 0 bridgehead atoms. The lowest BCUT2D eigenvalue weighted by Gasteiger charge is -2.49. The normalized spacial score (nSPS) is 32.5. The maximum atomic E-state index is 12.1. The molecule has 0 aromatic carbocycles. The predicted octanol–water partition coefficient (Wildman–Crippen LogP) is 2.59. The van der Waals surface area contributed by atoms with Crippen LogP contribution in [0.5, 0.6) is 0 Å². The molecule has 0 unspecified atom stereocenters. The van der Waals surface area contributed by atoms with E-state index in [0.717, 1.165) is 19.3 Å². The van der Waals surface area contributed by atoms with Gasteiger partial charge in [-0.2, -0.15) is 0 Å². The lowest BCUT2D eigenvalue weighted by atomic mass is 9.53. The second kappa shape index (κ2) is 4.32. The lowest BCUT2D eigenvalue weighted by Crippen LogP contribution is -2.50. The molecule has 0 N–H and O–H groups in total. The molecule has 0 saturated heterocycles. The maximum absolute atomic E-state index is 12.1. The Balaban J connectivity index is 2.14. The van der Waals surface area contributed by atoms with Gasteiger partial charge in [-0.15, -0.1) is 0 Å². The van der Waals surface area contributed by atoms with E-state index in [4.69, 9.17) is 4.74 Å². The number of esters is 1. The van der Waals surface area contributed by atoms with Gasteiger partial charge in [0, 0.05) is 5.41 Å². The van der Waals surface area contributed by atoms with Crippen molar-refractivity contribution in [3.63, 3.8) is 0 Å². The summed E-state index contributed by atoms with van der Waals surface area (Å²) in [7, 11) is 0. The SMILES string of the molecule is CCOC(=O)C[C@@]12CC[C@@H]1CC=C(Br)C2=O. The molecule has 16 heavy (non-hydrogen) atoms. The molecule has 4 heteroatoms. The Bertz CT molecular complexity index is 361. The summed E-state index contributed by atoms with van der Waals surface area (Å²) in [5, 5.41) is 0. The molecule has 88 valence electrons. The molecule has 2 aliphatic carbocycles. The molecule has 2 aliphatic rings. The number of hydrogen-bond acceptors (Lipinski definition) is 3. The van der Waals surface area contributed by atoms with E-state index in [1.54, 1.807) is 6.92 Å². The Labute approximate surface area is 103 Å². The van der Waals surface area contributed by atoms with E-state index in [9.17, 15) is 9.59 Å². The van der Waals surface area contributed by atoms with Gasteiger partial charge in [-0.1, -0.05) is 6.08 Å². The minimum Gasteiger partial charge on any atom is -0.466 e. The van der Waals surface area contributed by atoms with E-state index in [-0.39, 0.29) is 18.2 Å². The third-order valence-corrected chi connectivity index (χ3v) is 4.42. The Hall–Kier alpha value is -0.640. The highest BCUT2D eigenvalue weighted by Gasteiger charge is 2.55. The highest BCUT2D eigenvalue weighted by molar-refractivity contribution is 9.12. The fourth-order valence-electron chi connectivity index (χ4n) is 2.70. The lowest BCUT2D eigenvalue weighted by molar-refractivity contribution is -0.156. The van der Waals surface area contributed by atoms with Crippen molar-refractivity contribution in [3.05, 3.63) is 10.6 Å². The van der Waals surface area contributed by atoms with Crippen LogP contribution in [0.25, 0.3) is 0 Å². The number of halogens is 1. The van der Waals surface area contributed by atoms with Gasteiger partial charge >= 0.3 is 5.97 Å². The number of rotatable bonds is 3. The van der Waals surface area contributed by atoms with E-state index < -0.39 is 5.41 Å². The third-order valence-electron chi connectivity index (χ3n) is 3.74. The summed E-state index contributed by atoms with van der Waals surface area (Å²) in [4.78, 5) is 23.7. The van der Waals surface area contributed by atoms with Gasteiger partial charge < -0.3 is 4.74 Å². The number of carbonyl (C=O) groups is 2. The molecular formula is C12H15BrO3. The molecule has 2 atom stereocenters. The Morgan fingerprint density at radius 2 is 2.44 bits per heavy atom. The fourth-order valence-corrected chi connectivity index (χ4v) is 3.28. The molecule has 0 heterocycles. The predicted molar refractivity (Wildman–Crippen MR) is 63.0 cm³/mol. The van der Waals surface area contributed by atoms with E-state index in [0.29, 0.717) is 17.0 Å². The molecule has 0 aromatic rings. The van der Waals surface area contributed by atoms with Crippen LogP contribution in [0.1, 0.15) is 32.6 Å². The minimum absolute atomic E-state index is 0.0862. The van der Waals surface area contributed by atoms with Crippen LogP contribution >= 0.6 is 15.9 Å². The van der Waals surface area contributed by atoms with Gasteiger partial charge in [0.15, 0.2) is 5.78 Å². The summed E-state index contributed by atoms with van der Waals surface area (Å²) in [5.41, 5.74) is -0.458. The Kier molecular flexibility index (Phi) is 3.19. The second-order valence-electron chi connectivity index (χ2n) is 4.49. The van der Waals surface area contributed by atoms with Gasteiger partial charge in [0.1, 0.15) is 0 Å². The molecule has 0 amide bonds. The molecule has 3 nitrogen and oxygen atoms in total. The number of ether oxygens (including phenoxy) is 1. The van der Waals surface area contributed by atoms with Gasteiger partial charge in [0.05, 0.1) is 17.5 Å². The topological polar surface area (TPSA) is 43.4 Å². The molecular weight excluding hydrogens is 272 g/mol. The Morgan fingerprint density at radius 3 is 3.00 bits per heavy atom. The third kappa shape index (κ3) is 1.73. The van der Waals surface area contributed by atoms with Crippen molar-refractivity contribution < 1.29 is 14.3 Å². The standard InChI is InChI=1S/C12H15BrO3/c1-2-16-10(14)7-12-6-5-8(12)3-4-9(13)11(12)15/h4,8H,2-3,5-7H2,1H3/t8-,12-/m0/s1. The first-order valence-corrected chi connectivity index (χ1v) is 6.45. The first-order valence-electron chi connectivity index (χ1n) is 5.66. The van der Waals surface area contributed by atoms with Crippen molar-refractivity contribution in [2.45, 2.75) is 32.6 Å². The van der Waals surface area contributed by atoms with E-state index >= 15 is 0 Å². The number of fused-ring (bicyclic) bond motifs is 1. The van der Waals surface area contributed by atoms with E-state index in [1.807, 2.05) is 6.08 Å². The van der Waals surface area contributed by atoms with Crippen LogP contribution in [0.15, 0.2) is 10.6 Å². The van der Waals surface area contributed by atoms with Crippen molar-refractivity contribution in [2.24, 2.45) is 11.3 Å². The minimum atomic E-state index is -0.458. The van der Waals surface area contributed by atoms with Gasteiger partial charge in [-0.3, -0.25) is 9.59 Å². The van der Waals surface area contributed by atoms with Crippen molar-refractivity contribution in [1.82, 2.24) is 0 Å². The van der Waals surface area contributed by atoms with Gasteiger partial charge in [0.25, 0.3) is 0 Å². The number of allylic oxidation sites excluding steroid dienone is 2. The summed E-state index contributed by atoms with van der Waals surface area (Å²) in [6.07, 6.45) is 4.93. The monoisotopic (exact) mass is 286 g/mol. The number of ketones is 1. The second-order valence-corrected chi connectivity index (χ2v) is 5.34. The van der Waals surface area contributed by atoms with Crippen LogP contribution < -0.4 is 0 Å². The summed E-state index contributed by atoms with van der Waals surface area (Å²) in [6, 6.07) is 0. The molecule has 0 aromatic heterocycles. The number of Topliss-reactive ketones (excluding diaryl/α,β-unsaturated/α-hetero) is 1. The average molecular weight is 287 g/mol. The van der Waals surface area contributed by atoms with Gasteiger partial charge in [-0.25, -0.2) is 0 Å². The zero-order valence-corrected chi connectivity index (χ0v) is 10.9. The summed E-state index contributed by atoms with van der Waals surface area (Å²) in [5.74, 6) is 0.177. The van der Waals surface area contributed by atoms with Crippen LogP contribution in [0.2, 0.25) is 0 Å². The van der Waals surface area contributed by atoms with Crippen molar-refractivity contribution in [3.8, 4) is 0 Å². The van der Waals surface area contributed by atoms with Crippen LogP contribution in [-0.4, -0.2) is 18.4 Å². The van der Waals surface area contributed by atoms with Crippen LogP contribution in [-0.2, 0) is 14.3 Å². The molecule has 1 fully saturated rings. The van der Waals surface area contributed by atoms with Crippen LogP contribution in [0.3, 0.4) is 0 Å². The summed E-state index contributed by atoms with van der Waals surface area (Å²) < 4.78 is 5.58. The molecule has 1 saturated carbocycles. The molecule has 0 radical (unpaired) electrons. The highest BCUT2D eigenvalue weighted by atomic mass is 79.9. The fraction of sp³-hybridized carbons (Fsp3) is 0.667. The first kappa shape index (κ1) is 11.8. The van der Waals surface area contributed by atoms with Crippen molar-refractivity contribution >= 4 is 27.7 Å². The molecule has 0 aliphatic heterocycles. The zero-order chi connectivity index (χ0) is 11.8. The van der Waals surface area contributed by atoms with Gasteiger partial charge in [-0.05, 0) is 48.0 Å². The number of hydrogen-bond donors (Lipinski definition) is 0. The molecule has 2 rings (SSSR count). The quantitative estimate of drug-likeness (QED) is 0.749. The average Bonchev–Trinajstić information content (AvgIpc) is 2.22.